The summed E-state index contributed by atoms with van der Waals surface area (Å²) in [6, 6.07) is 11.4. The van der Waals surface area contributed by atoms with E-state index in [0.717, 1.165) is 11.1 Å². The monoisotopic (exact) mass is 239 g/mol. The van der Waals surface area contributed by atoms with Gasteiger partial charge in [0.15, 0.2) is 0 Å². The second-order valence-electron chi connectivity index (χ2n) is 3.75. The van der Waals surface area contributed by atoms with Gasteiger partial charge in [-0.15, -0.1) is 0 Å². The lowest BCUT2D eigenvalue weighted by Gasteiger charge is -2.12. The first-order chi connectivity index (χ1) is 8.67. The minimum absolute atomic E-state index is 0.0787. The molecule has 18 heavy (non-hydrogen) atoms. The fourth-order valence-corrected chi connectivity index (χ4v) is 1.33. The van der Waals surface area contributed by atoms with Gasteiger partial charge in [-0.1, -0.05) is 29.8 Å². The first-order valence-corrected chi connectivity index (χ1v) is 5.45. The molecule has 0 aliphatic rings. The third kappa shape index (κ3) is 4.11. The molecule has 1 aromatic carbocycles. The average molecular weight is 239 g/mol. The SMILES string of the molecule is Cc1ccc(/C=C/C(=O)N(CC#N)CC#N)cc1. The molecule has 0 unspecified atom stereocenters. The molecule has 0 saturated carbocycles. The van der Waals surface area contributed by atoms with Gasteiger partial charge in [-0.3, -0.25) is 4.79 Å². The third-order valence-electron chi connectivity index (χ3n) is 2.33. The van der Waals surface area contributed by atoms with Crippen LogP contribution in [0.15, 0.2) is 30.3 Å². The summed E-state index contributed by atoms with van der Waals surface area (Å²) in [6.45, 7) is 1.83. The zero-order valence-electron chi connectivity index (χ0n) is 10.1. The van der Waals surface area contributed by atoms with Crippen LogP contribution in [0.3, 0.4) is 0 Å². The number of benzene rings is 1. The molecular formula is C14H13N3O. The highest BCUT2D eigenvalue weighted by atomic mass is 16.2. The number of hydrogen-bond donors (Lipinski definition) is 0. The number of nitriles is 2. The third-order valence-corrected chi connectivity index (χ3v) is 2.33. The van der Waals surface area contributed by atoms with E-state index in [1.807, 2.05) is 43.3 Å². The number of aryl methyl sites for hydroxylation is 1. The van der Waals surface area contributed by atoms with Gasteiger partial charge in [0.2, 0.25) is 5.91 Å². The second kappa shape index (κ2) is 6.88. The number of hydrogen-bond acceptors (Lipinski definition) is 3. The molecule has 0 radical (unpaired) electrons. The molecule has 0 N–H and O–H groups in total. The van der Waals surface area contributed by atoms with Crippen LogP contribution in [0, 0.1) is 29.6 Å². The molecular weight excluding hydrogens is 226 g/mol. The Bertz CT molecular complexity index is 501. The lowest BCUT2D eigenvalue weighted by atomic mass is 10.1. The van der Waals surface area contributed by atoms with Gasteiger partial charge in [0.25, 0.3) is 0 Å². The maximum atomic E-state index is 11.7. The number of amides is 1. The lowest BCUT2D eigenvalue weighted by molar-refractivity contribution is -0.124. The zero-order valence-corrected chi connectivity index (χ0v) is 10.1. The number of carbonyl (C=O) groups is 1. The summed E-state index contributed by atoms with van der Waals surface area (Å²) in [5.41, 5.74) is 2.05. The van der Waals surface area contributed by atoms with E-state index in [1.54, 1.807) is 6.08 Å². The summed E-state index contributed by atoms with van der Waals surface area (Å²) in [5.74, 6) is -0.335. The van der Waals surface area contributed by atoms with Crippen molar-refractivity contribution in [3.63, 3.8) is 0 Å². The molecule has 1 amide bonds. The molecule has 4 heteroatoms. The summed E-state index contributed by atoms with van der Waals surface area (Å²) in [6.07, 6.45) is 3.04. The van der Waals surface area contributed by atoms with Crippen LogP contribution in [0.5, 0.6) is 0 Å². The van der Waals surface area contributed by atoms with Crippen molar-refractivity contribution in [1.82, 2.24) is 4.90 Å². The quantitative estimate of drug-likeness (QED) is 0.595. The van der Waals surface area contributed by atoms with Crippen molar-refractivity contribution >= 4 is 12.0 Å². The van der Waals surface area contributed by atoms with Crippen LogP contribution in [0.4, 0.5) is 0 Å². The van der Waals surface area contributed by atoms with Crippen molar-refractivity contribution < 1.29 is 4.79 Å². The van der Waals surface area contributed by atoms with Crippen LogP contribution in [0.25, 0.3) is 6.08 Å². The first kappa shape index (κ1) is 13.5. The lowest BCUT2D eigenvalue weighted by Crippen LogP contribution is -2.30. The molecule has 0 atom stereocenters. The van der Waals surface area contributed by atoms with Crippen LogP contribution in [-0.2, 0) is 4.79 Å². The molecule has 0 bridgehead atoms. The summed E-state index contributed by atoms with van der Waals surface area (Å²) in [5, 5.41) is 17.1. The molecule has 0 fully saturated rings. The predicted molar refractivity (Wildman–Crippen MR) is 68.0 cm³/mol. The normalized spacial score (nSPS) is 9.72. The van der Waals surface area contributed by atoms with E-state index in [2.05, 4.69) is 0 Å². The maximum Gasteiger partial charge on any atom is 0.248 e. The topological polar surface area (TPSA) is 67.9 Å². The highest BCUT2D eigenvalue weighted by Crippen LogP contribution is 2.05. The zero-order chi connectivity index (χ0) is 13.4. The molecule has 0 heterocycles. The van der Waals surface area contributed by atoms with Crippen molar-refractivity contribution in [3.05, 3.63) is 41.5 Å². The second-order valence-corrected chi connectivity index (χ2v) is 3.75. The Morgan fingerprint density at radius 3 is 2.28 bits per heavy atom. The Balaban J connectivity index is 2.71. The van der Waals surface area contributed by atoms with Crippen LogP contribution >= 0.6 is 0 Å². The van der Waals surface area contributed by atoms with Crippen LogP contribution in [-0.4, -0.2) is 23.9 Å². The molecule has 1 rings (SSSR count). The van der Waals surface area contributed by atoms with E-state index >= 15 is 0 Å². The molecule has 90 valence electrons. The fourth-order valence-electron chi connectivity index (χ4n) is 1.33. The molecule has 0 spiro atoms. The predicted octanol–water partition coefficient (Wildman–Crippen LogP) is 1.88. The maximum absolute atomic E-state index is 11.7. The van der Waals surface area contributed by atoms with E-state index in [4.69, 9.17) is 10.5 Å². The van der Waals surface area contributed by atoms with Crippen LogP contribution in [0.2, 0.25) is 0 Å². The molecule has 0 aliphatic carbocycles. The molecule has 0 aliphatic heterocycles. The Kier molecular flexibility index (Phi) is 5.15. The van der Waals surface area contributed by atoms with Crippen LogP contribution in [0.1, 0.15) is 11.1 Å². The molecule has 0 aromatic heterocycles. The largest absolute Gasteiger partial charge is 0.313 e. The van der Waals surface area contributed by atoms with Gasteiger partial charge in [0.05, 0.1) is 12.1 Å². The fraction of sp³-hybridized carbons (Fsp3) is 0.214. The Morgan fingerprint density at radius 1 is 1.22 bits per heavy atom. The van der Waals surface area contributed by atoms with E-state index in [1.165, 1.54) is 11.0 Å². The number of rotatable bonds is 4. The highest BCUT2D eigenvalue weighted by Gasteiger charge is 2.08. The van der Waals surface area contributed by atoms with Crippen molar-refractivity contribution in [3.8, 4) is 12.1 Å². The smallest absolute Gasteiger partial charge is 0.248 e. The van der Waals surface area contributed by atoms with Gasteiger partial charge < -0.3 is 4.90 Å². The molecule has 0 saturated heterocycles. The summed E-state index contributed by atoms with van der Waals surface area (Å²) in [7, 11) is 0. The van der Waals surface area contributed by atoms with Crippen molar-refractivity contribution in [2.24, 2.45) is 0 Å². The average Bonchev–Trinajstić information content (AvgIpc) is 2.37. The Hall–Kier alpha value is -2.59. The first-order valence-electron chi connectivity index (χ1n) is 5.45. The molecule has 1 aromatic rings. The minimum atomic E-state index is -0.335. The summed E-state index contributed by atoms with van der Waals surface area (Å²) >= 11 is 0. The standard InChI is InChI=1S/C14H13N3O/c1-12-2-4-13(5-3-12)6-7-14(18)17(10-8-15)11-9-16/h2-7H,10-11H2,1H3/b7-6+. The van der Waals surface area contributed by atoms with Gasteiger partial charge in [0.1, 0.15) is 13.1 Å². The van der Waals surface area contributed by atoms with Crippen molar-refractivity contribution in [1.29, 1.82) is 10.5 Å². The summed E-state index contributed by atoms with van der Waals surface area (Å²) < 4.78 is 0. The number of nitrogens with zero attached hydrogens (tertiary/aromatic N) is 3. The van der Waals surface area contributed by atoms with Crippen LogP contribution < -0.4 is 0 Å². The van der Waals surface area contributed by atoms with E-state index in [9.17, 15) is 4.79 Å². The number of carbonyl (C=O) groups excluding carboxylic acids is 1. The van der Waals surface area contributed by atoms with Crippen molar-refractivity contribution in [2.45, 2.75) is 6.92 Å². The van der Waals surface area contributed by atoms with E-state index < -0.39 is 0 Å². The molecule has 4 nitrogen and oxygen atoms in total. The van der Waals surface area contributed by atoms with Gasteiger partial charge in [0, 0.05) is 6.08 Å². The highest BCUT2D eigenvalue weighted by molar-refractivity contribution is 5.92. The Labute approximate surface area is 106 Å². The van der Waals surface area contributed by atoms with E-state index in [-0.39, 0.29) is 19.0 Å². The van der Waals surface area contributed by atoms with Crippen molar-refractivity contribution in [2.75, 3.05) is 13.1 Å². The van der Waals surface area contributed by atoms with Gasteiger partial charge >= 0.3 is 0 Å². The van der Waals surface area contributed by atoms with E-state index in [0.29, 0.717) is 0 Å². The Morgan fingerprint density at radius 2 is 1.78 bits per heavy atom. The van der Waals surface area contributed by atoms with Gasteiger partial charge in [-0.05, 0) is 18.6 Å². The summed E-state index contributed by atoms with van der Waals surface area (Å²) in [4.78, 5) is 12.9. The minimum Gasteiger partial charge on any atom is -0.313 e. The van der Waals surface area contributed by atoms with Gasteiger partial charge in [-0.2, -0.15) is 10.5 Å². The van der Waals surface area contributed by atoms with Gasteiger partial charge in [-0.25, -0.2) is 0 Å².